The van der Waals surface area contributed by atoms with E-state index in [-0.39, 0.29) is 12.5 Å². The van der Waals surface area contributed by atoms with Crippen molar-refractivity contribution in [3.8, 4) is 5.75 Å². The van der Waals surface area contributed by atoms with Gasteiger partial charge in [-0.2, -0.15) is 0 Å². The van der Waals surface area contributed by atoms with Gasteiger partial charge in [-0.15, -0.1) is 0 Å². The number of para-hydroxylation sites is 1. The molecule has 0 unspecified atom stereocenters. The summed E-state index contributed by atoms with van der Waals surface area (Å²) in [5, 5.41) is 9.00. The molecule has 0 spiro atoms. The van der Waals surface area contributed by atoms with Crippen LogP contribution >= 0.6 is 0 Å². The number of ether oxygens (including phenoxy) is 1. The first-order valence-corrected chi connectivity index (χ1v) is 6.56. The van der Waals surface area contributed by atoms with E-state index in [0.717, 1.165) is 17.7 Å². The molecule has 1 fully saturated rings. The maximum atomic E-state index is 11.7. The van der Waals surface area contributed by atoms with Crippen molar-refractivity contribution in [1.82, 2.24) is 0 Å². The maximum Gasteiger partial charge on any atom is 0.139 e. The van der Waals surface area contributed by atoms with Crippen molar-refractivity contribution >= 4 is 5.78 Å². The van der Waals surface area contributed by atoms with Crippen LogP contribution in [0.15, 0.2) is 24.3 Å². The van der Waals surface area contributed by atoms with E-state index < -0.39 is 0 Å². The third-order valence-corrected chi connectivity index (χ3v) is 3.72. The van der Waals surface area contributed by atoms with Gasteiger partial charge in [0.25, 0.3) is 0 Å². The Morgan fingerprint density at radius 2 is 2.17 bits per heavy atom. The predicted molar refractivity (Wildman–Crippen MR) is 69.6 cm³/mol. The third-order valence-electron chi connectivity index (χ3n) is 3.72. The Hall–Kier alpha value is -1.35. The van der Waals surface area contributed by atoms with Gasteiger partial charge >= 0.3 is 0 Å². The normalized spacial score (nSPS) is 23.3. The number of carbonyl (C=O) groups excluding carboxylic acids is 1. The molecule has 1 aliphatic rings. The van der Waals surface area contributed by atoms with E-state index in [4.69, 9.17) is 9.84 Å². The molecule has 1 N–H and O–H groups in total. The number of ketones is 1. The predicted octanol–water partition coefficient (Wildman–Crippen LogP) is 2.22. The molecule has 1 aliphatic carbocycles. The molecule has 0 saturated heterocycles. The zero-order valence-electron chi connectivity index (χ0n) is 10.8. The van der Waals surface area contributed by atoms with Gasteiger partial charge in [0.2, 0.25) is 0 Å². The van der Waals surface area contributed by atoms with E-state index >= 15 is 0 Å². The molecule has 0 heterocycles. The standard InChI is InChI=1S/C15H20O3/c1-11-6-7-14(17)13(11)10-18-15-5-3-2-4-12(15)8-9-16/h2-5,11,13,16H,6-10H2,1H3/t11-,13+/m0/s1. The topological polar surface area (TPSA) is 46.5 Å². The number of aliphatic hydroxyl groups is 1. The van der Waals surface area contributed by atoms with Crippen molar-refractivity contribution in [2.24, 2.45) is 11.8 Å². The molecular weight excluding hydrogens is 228 g/mol. The number of rotatable bonds is 5. The Labute approximate surface area is 108 Å². The van der Waals surface area contributed by atoms with Gasteiger partial charge in [0.1, 0.15) is 11.5 Å². The van der Waals surface area contributed by atoms with Gasteiger partial charge in [0.15, 0.2) is 0 Å². The summed E-state index contributed by atoms with van der Waals surface area (Å²) in [6.07, 6.45) is 2.25. The summed E-state index contributed by atoms with van der Waals surface area (Å²) in [6, 6.07) is 7.69. The summed E-state index contributed by atoms with van der Waals surface area (Å²) in [4.78, 5) is 11.7. The lowest BCUT2D eigenvalue weighted by atomic mass is 9.98. The van der Waals surface area contributed by atoms with Crippen LogP contribution in [0.1, 0.15) is 25.3 Å². The average Bonchev–Trinajstić information content (AvgIpc) is 2.69. The van der Waals surface area contributed by atoms with Crippen LogP contribution in [0.25, 0.3) is 0 Å². The summed E-state index contributed by atoms with van der Waals surface area (Å²) in [6.45, 7) is 2.68. The molecule has 1 saturated carbocycles. The highest BCUT2D eigenvalue weighted by Crippen LogP contribution is 2.29. The Morgan fingerprint density at radius 1 is 1.39 bits per heavy atom. The Bertz CT molecular complexity index is 414. The second-order valence-corrected chi connectivity index (χ2v) is 4.98. The fourth-order valence-corrected chi connectivity index (χ4v) is 2.48. The molecule has 2 atom stereocenters. The zero-order valence-corrected chi connectivity index (χ0v) is 10.8. The Kier molecular flexibility index (Phi) is 4.37. The van der Waals surface area contributed by atoms with E-state index in [0.29, 0.717) is 31.1 Å². The molecular formula is C15H20O3. The highest BCUT2D eigenvalue weighted by atomic mass is 16.5. The van der Waals surface area contributed by atoms with E-state index in [1.54, 1.807) is 0 Å². The van der Waals surface area contributed by atoms with Crippen molar-refractivity contribution < 1.29 is 14.6 Å². The molecule has 1 aromatic carbocycles. The van der Waals surface area contributed by atoms with E-state index in [2.05, 4.69) is 6.92 Å². The first-order chi connectivity index (χ1) is 8.72. The Morgan fingerprint density at radius 3 is 2.83 bits per heavy atom. The van der Waals surface area contributed by atoms with Crippen LogP contribution in [0.4, 0.5) is 0 Å². The summed E-state index contributed by atoms with van der Waals surface area (Å²) in [7, 11) is 0. The highest BCUT2D eigenvalue weighted by molar-refractivity contribution is 5.83. The molecule has 1 aromatic rings. The van der Waals surface area contributed by atoms with Crippen LogP contribution in [-0.4, -0.2) is 24.1 Å². The van der Waals surface area contributed by atoms with Crippen LogP contribution in [0.2, 0.25) is 0 Å². The molecule has 3 heteroatoms. The van der Waals surface area contributed by atoms with Crippen LogP contribution in [0.3, 0.4) is 0 Å². The fraction of sp³-hybridized carbons (Fsp3) is 0.533. The van der Waals surface area contributed by atoms with Gasteiger partial charge in [-0.05, 0) is 30.4 Å². The van der Waals surface area contributed by atoms with E-state index in [9.17, 15) is 4.79 Å². The smallest absolute Gasteiger partial charge is 0.139 e. The molecule has 0 radical (unpaired) electrons. The van der Waals surface area contributed by atoms with Gasteiger partial charge in [-0.3, -0.25) is 4.79 Å². The lowest BCUT2D eigenvalue weighted by molar-refractivity contribution is -0.122. The van der Waals surface area contributed by atoms with Crippen LogP contribution in [0, 0.1) is 11.8 Å². The molecule has 18 heavy (non-hydrogen) atoms. The molecule has 3 nitrogen and oxygen atoms in total. The molecule has 0 bridgehead atoms. The highest BCUT2D eigenvalue weighted by Gasteiger charge is 2.32. The summed E-state index contributed by atoms with van der Waals surface area (Å²) in [5.74, 6) is 1.57. The van der Waals surface area contributed by atoms with Gasteiger partial charge < -0.3 is 9.84 Å². The number of hydrogen-bond donors (Lipinski definition) is 1. The number of carbonyl (C=O) groups is 1. The minimum absolute atomic E-state index is 0.0344. The van der Waals surface area contributed by atoms with E-state index in [1.807, 2.05) is 24.3 Å². The van der Waals surface area contributed by atoms with E-state index in [1.165, 1.54) is 0 Å². The third kappa shape index (κ3) is 2.91. The van der Waals surface area contributed by atoms with Crippen molar-refractivity contribution in [1.29, 1.82) is 0 Å². The van der Waals surface area contributed by atoms with Crippen LogP contribution in [-0.2, 0) is 11.2 Å². The first kappa shape index (κ1) is 13.1. The lowest BCUT2D eigenvalue weighted by Gasteiger charge is -2.16. The minimum Gasteiger partial charge on any atom is -0.493 e. The minimum atomic E-state index is 0.0344. The summed E-state index contributed by atoms with van der Waals surface area (Å²) >= 11 is 0. The molecule has 0 amide bonds. The number of Topliss-reactive ketones (excluding diaryl/α,β-unsaturated/α-hetero) is 1. The summed E-state index contributed by atoms with van der Waals surface area (Å²) in [5.41, 5.74) is 0.998. The number of hydrogen-bond acceptors (Lipinski definition) is 3. The molecule has 0 aromatic heterocycles. The van der Waals surface area contributed by atoms with Crippen LogP contribution < -0.4 is 4.74 Å². The Balaban J connectivity index is 1.99. The fourth-order valence-electron chi connectivity index (χ4n) is 2.48. The van der Waals surface area contributed by atoms with Crippen molar-refractivity contribution in [2.45, 2.75) is 26.2 Å². The lowest BCUT2D eigenvalue weighted by Crippen LogP contribution is -2.21. The molecule has 98 valence electrons. The largest absolute Gasteiger partial charge is 0.493 e. The molecule has 2 rings (SSSR count). The number of aliphatic hydroxyl groups excluding tert-OH is 1. The zero-order chi connectivity index (χ0) is 13.0. The maximum absolute atomic E-state index is 11.7. The van der Waals surface area contributed by atoms with Gasteiger partial charge in [-0.1, -0.05) is 25.1 Å². The average molecular weight is 248 g/mol. The SMILES string of the molecule is C[C@H]1CCC(=O)[C@@H]1COc1ccccc1CCO. The van der Waals surface area contributed by atoms with Gasteiger partial charge in [0.05, 0.1) is 12.5 Å². The monoisotopic (exact) mass is 248 g/mol. The van der Waals surface area contributed by atoms with Gasteiger partial charge in [-0.25, -0.2) is 0 Å². The second-order valence-electron chi connectivity index (χ2n) is 4.98. The number of benzene rings is 1. The van der Waals surface area contributed by atoms with Crippen LogP contribution in [0.5, 0.6) is 5.75 Å². The van der Waals surface area contributed by atoms with Gasteiger partial charge in [0, 0.05) is 13.0 Å². The second kappa shape index (κ2) is 6.01. The summed E-state index contributed by atoms with van der Waals surface area (Å²) < 4.78 is 5.78. The quantitative estimate of drug-likeness (QED) is 0.869. The molecule has 0 aliphatic heterocycles. The first-order valence-electron chi connectivity index (χ1n) is 6.56. The van der Waals surface area contributed by atoms with Crippen molar-refractivity contribution in [3.05, 3.63) is 29.8 Å². The van der Waals surface area contributed by atoms with Crippen molar-refractivity contribution in [3.63, 3.8) is 0 Å². The van der Waals surface area contributed by atoms with Crippen molar-refractivity contribution in [2.75, 3.05) is 13.2 Å².